The molecule has 0 bridgehead atoms. The molecule has 0 unspecified atom stereocenters. The number of hydrogen-bond acceptors (Lipinski definition) is 2. The topological polar surface area (TPSA) is 42.1 Å². The molecular weight excluding hydrogens is 274 g/mol. The maximum absolute atomic E-state index is 12.7. The number of nitrogens with one attached hydrogen (secondary N) is 1. The van der Waals surface area contributed by atoms with Crippen LogP contribution in [0.4, 0.5) is 0 Å². The minimum Gasteiger partial charge on any atom is -0.496 e. The maximum atomic E-state index is 12.7. The highest BCUT2D eigenvalue weighted by Gasteiger charge is 2.18. The van der Waals surface area contributed by atoms with Crippen molar-refractivity contribution in [3.8, 4) is 5.75 Å². The fourth-order valence-electron chi connectivity index (χ4n) is 2.26. The van der Waals surface area contributed by atoms with Gasteiger partial charge in [0.05, 0.1) is 12.7 Å². The van der Waals surface area contributed by atoms with Gasteiger partial charge in [-0.05, 0) is 24.3 Å². The van der Waals surface area contributed by atoms with Crippen LogP contribution < -0.4 is 4.74 Å². The lowest BCUT2D eigenvalue weighted by atomic mass is 10.0. The number of fused-ring (bicyclic) bond motifs is 1. The van der Waals surface area contributed by atoms with Crippen LogP contribution in [0.5, 0.6) is 5.75 Å². The highest BCUT2D eigenvalue weighted by molar-refractivity contribution is 6.31. The number of rotatable bonds is 3. The summed E-state index contributed by atoms with van der Waals surface area (Å²) < 4.78 is 5.24. The molecule has 0 saturated heterocycles. The monoisotopic (exact) mass is 285 g/mol. The zero-order chi connectivity index (χ0) is 14.1. The molecule has 1 heterocycles. The van der Waals surface area contributed by atoms with E-state index in [9.17, 15) is 4.79 Å². The third kappa shape index (κ3) is 2.06. The number of para-hydroxylation sites is 1. The first-order chi connectivity index (χ1) is 9.70. The van der Waals surface area contributed by atoms with Gasteiger partial charge < -0.3 is 9.72 Å². The van der Waals surface area contributed by atoms with Crippen LogP contribution in [0.1, 0.15) is 15.9 Å². The van der Waals surface area contributed by atoms with Crippen molar-refractivity contribution in [1.29, 1.82) is 0 Å². The Kier molecular flexibility index (Phi) is 3.20. The van der Waals surface area contributed by atoms with Crippen LogP contribution in [-0.4, -0.2) is 17.9 Å². The number of carbonyl (C=O) groups excluding carboxylic acids is 1. The molecule has 1 aromatic heterocycles. The summed E-state index contributed by atoms with van der Waals surface area (Å²) in [4.78, 5) is 15.8. The van der Waals surface area contributed by atoms with E-state index < -0.39 is 0 Å². The summed E-state index contributed by atoms with van der Waals surface area (Å²) in [6.07, 6.45) is 1.72. The van der Waals surface area contributed by atoms with E-state index in [4.69, 9.17) is 16.3 Å². The molecule has 0 aliphatic rings. The number of methoxy groups -OCH3 is 1. The number of benzene rings is 2. The number of aromatic amines is 1. The van der Waals surface area contributed by atoms with E-state index in [2.05, 4.69) is 4.98 Å². The second kappa shape index (κ2) is 5.02. The first-order valence-electron chi connectivity index (χ1n) is 6.15. The average Bonchev–Trinajstić information content (AvgIpc) is 2.90. The summed E-state index contributed by atoms with van der Waals surface area (Å²) in [5, 5.41) is 1.40. The molecule has 3 rings (SSSR count). The highest BCUT2D eigenvalue weighted by atomic mass is 35.5. The van der Waals surface area contributed by atoms with Gasteiger partial charge in [0.2, 0.25) is 0 Å². The smallest absolute Gasteiger partial charge is 0.198 e. The lowest BCUT2D eigenvalue weighted by molar-refractivity contribution is 0.103. The molecule has 0 aliphatic carbocycles. The summed E-state index contributed by atoms with van der Waals surface area (Å²) in [6.45, 7) is 0. The summed E-state index contributed by atoms with van der Waals surface area (Å²) >= 11 is 5.98. The van der Waals surface area contributed by atoms with Crippen molar-refractivity contribution in [2.24, 2.45) is 0 Å². The van der Waals surface area contributed by atoms with Gasteiger partial charge in [0, 0.05) is 27.7 Å². The van der Waals surface area contributed by atoms with E-state index in [0.717, 1.165) is 10.9 Å². The minimum atomic E-state index is -0.109. The van der Waals surface area contributed by atoms with Gasteiger partial charge in [-0.3, -0.25) is 4.79 Å². The predicted molar refractivity (Wildman–Crippen MR) is 79.7 cm³/mol. The van der Waals surface area contributed by atoms with Crippen LogP contribution in [-0.2, 0) is 0 Å². The molecule has 0 spiro atoms. The van der Waals surface area contributed by atoms with Crippen molar-refractivity contribution < 1.29 is 9.53 Å². The standard InChI is InChI=1S/C16H12ClNO2/c1-20-15-7-6-10(17)8-12(15)16(19)13-9-18-14-5-3-2-4-11(13)14/h2-9,18H,1H3. The van der Waals surface area contributed by atoms with Crippen LogP contribution in [0.15, 0.2) is 48.7 Å². The molecule has 2 aromatic carbocycles. The first-order valence-corrected chi connectivity index (χ1v) is 6.53. The Bertz CT molecular complexity index is 792. The molecule has 0 fully saturated rings. The molecule has 0 amide bonds. The summed E-state index contributed by atoms with van der Waals surface area (Å²) in [7, 11) is 1.54. The van der Waals surface area contributed by atoms with E-state index >= 15 is 0 Å². The third-order valence-electron chi connectivity index (χ3n) is 3.24. The quantitative estimate of drug-likeness (QED) is 0.737. The SMILES string of the molecule is COc1ccc(Cl)cc1C(=O)c1c[nH]c2ccccc12. The van der Waals surface area contributed by atoms with E-state index in [-0.39, 0.29) is 5.78 Å². The van der Waals surface area contributed by atoms with Crippen molar-refractivity contribution in [2.75, 3.05) is 7.11 Å². The van der Waals surface area contributed by atoms with Gasteiger partial charge in [-0.25, -0.2) is 0 Å². The minimum absolute atomic E-state index is 0.109. The summed E-state index contributed by atoms with van der Waals surface area (Å²) in [5.41, 5.74) is 2.00. The maximum Gasteiger partial charge on any atom is 0.198 e. The Morgan fingerprint density at radius 3 is 2.75 bits per heavy atom. The van der Waals surface area contributed by atoms with Crippen molar-refractivity contribution in [1.82, 2.24) is 4.98 Å². The number of hydrogen-bond donors (Lipinski definition) is 1. The van der Waals surface area contributed by atoms with Crippen LogP contribution >= 0.6 is 11.6 Å². The molecule has 1 N–H and O–H groups in total. The zero-order valence-electron chi connectivity index (χ0n) is 10.8. The summed E-state index contributed by atoms with van der Waals surface area (Å²) in [6, 6.07) is 12.7. The number of halogens is 1. The fourth-order valence-corrected chi connectivity index (χ4v) is 2.43. The number of ether oxygens (including phenoxy) is 1. The van der Waals surface area contributed by atoms with Gasteiger partial charge in [-0.1, -0.05) is 29.8 Å². The Balaban J connectivity index is 2.15. The molecular formula is C16H12ClNO2. The molecule has 3 aromatic rings. The van der Waals surface area contributed by atoms with E-state index in [1.54, 1.807) is 24.4 Å². The van der Waals surface area contributed by atoms with Crippen LogP contribution in [0, 0.1) is 0 Å². The van der Waals surface area contributed by atoms with Crippen molar-refractivity contribution in [3.05, 3.63) is 64.8 Å². The van der Waals surface area contributed by atoms with Crippen molar-refractivity contribution in [2.45, 2.75) is 0 Å². The van der Waals surface area contributed by atoms with Gasteiger partial charge in [0.15, 0.2) is 5.78 Å². The second-order valence-electron chi connectivity index (χ2n) is 4.42. The predicted octanol–water partition coefficient (Wildman–Crippen LogP) is 4.06. The van der Waals surface area contributed by atoms with Crippen LogP contribution in [0.25, 0.3) is 10.9 Å². The zero-order valence-corrected chi connectivity index (χ0v) is 11.6. The number of carbonyl (C=O) groups is 1. The lowest BCUT2D eigenvalue weighted by Gasteiger charge is -2.07. The molecule has 100 valence electrons. The Hall–Kier alpha value is -2.26. The van der Waals surface area contributed by atoms with E-state index in [0.29, 0.717) is 21.9 Å². The average molecular weight is 286 g/mol. The van der Waals surface area contributed by atoms with Gasteiger partial charge >= 0.3 is 0 Å². The largest absolute Gasteiger partial charge is 0.496 e. The Morgan fingerprint density at radius 2 is 1.95 bits per heavy atom. The van der Waals surface area contributed by atoms with Gasteiger partial charge in [-0.15, -0.1) is 0 Å². The Labute approximate surface area is 121 Å². The van der Waals surface area contributed by atoms with Crippen molar-refractivity contribution >= 4 is 28.3 Å². The van der Waals surface area contributed by atoms with Gasteiger partial charge in [-0.2, -0.15) is 0 Å². The number of ketones is 1. The van der Waals surface area contributed by atoms with Crippen LogP contribution in [0.2, 0.25) is 5.02 Å². The second-order valence-corrected chi connectivity index (χ2v) is 4.86. The van der Waals surface area contributed by atoms with Gasteiger partial charge in [0.1, 0.15) is 5.75 Å². The molecule has 0 aliphatic heterocycles. The van der Waals surface area contributed by atoms with Crippen LogP contribution in [0.3, 0.4) is 0 Å². The Morgan fingerprint density at radius 1 is 1.15 bits per heavy atom. The highest BCUT2D eigenvalue weighted by Crippen LogP contribution is 2.28. The summed E-state index contributed by atoms with van der Waals surface area (Å²) in [5.74, 6) is 0.409. The van der Waals surface area contributed by atoms with E-state index in [1.165, 1.54) is 7.11 Å². The lowest BCUT2D eigenvalue weighted by Crippen LogP contribution is -2.03. The normalized spacial score (nSPS) is 10.7. The molecule has 0 radical (unpaired) electrons. The number of aromatic nitrogens is 1. The van der Waals surface area contributed by atoms with Crippen molar-refractivity contribution in [3.63, 3.8) is 0 Å². The van der Waals surface area contributed by atoms with Gasteiger partial charge in [0.25, 0.3) is 0 Å². The molecule has 3 nitrogen and oxygen atoms in total. The van der Waals surface area contributed by atoms with E-state index in [1.807, 2.05) is 24.3 Å². The fraction of sp³-hybridized carbons (Fsp3) is 0.0625. The third-order valence-corrected chi connectivity index (χ3v) is 3.48. The molecule has 0 atom stereocenters. The molecule has 0 saturated carbocycles. The molecule has 4 heteroatoms. The number of H-pyrrole nitrogens is 1. The molecule has 20 heavy (non-hydrogen) atoms. The first kappa shape index (κ1) is 12.8.